The van der Waals surface area contributed by atoms with E-state index >= 15 is 0 Å². The molecule has 4 aliphatic rings. The van der Waals surface area contributed by atoms with Crippen molar-refractivity contribution in [1.29, 1.82) is 0 Å². The lowest BCUT2D eigenvalue weighted by molar-refractivity contribution is 0.111. The molecular weight excluding hydrogens is 524 g/mol. The highest BCUT2D eigenvalue weighted by molar-refractivity contribution is 6.36. The van der Waals surface area contributed by atoms with Gasteiger partial charge in [-0.15, -0.1) is 0 Å². The quantitative estimate of drug-likeness (QED) is 0.349. The highest BCUT2D eigenvalue weighted by Gasteiger charge is 2.45. The topological polar surface area (TPSA) is 86.6 Å². The minimum absolute atomic E-state index is 0.138. The van der Waals surface area contributed by atoms with Crippen LogP contribution in [0.2, 0.25) is 5.02 Å². The van der Waals surface area contributed by atoms with Gasteiger partial charge in [0.1, 0.15) is 12.4 Å². The Labute approximate surface area is 238 Å². The summed E-state index contributed by atoms with van der Waals surface area (Å²) in [7, 11) is 0. The molecule has 8 nitrogen and oxygen atoms in total. The van der Waals surface area contributed by atoms with Gasteiger partial charge in [-0.25, -0.2) is 9.97 Å². The Morgan fingerprint density at radius 3 is 2.65 bits per heavy atom. The van der Waals surface area contributed by atoms with Crippen molar-refractivity contribution < 1.29 is 9.84 Å². The molecule has 0 spiro atoms. The number of halogens is 1. The molecule has 0 amide bonds. The number of rotatable bonds is 5. The highest BCUT2D eigenvalue weighted by Crippen LogP contribution is 2.41. The summed E-state index contributed by atoms with van der Waals surface area (Å²) >= 11 is 6.63. The molecule has 6 heterocycles. The number of ether oxygens (including phenoxy) is 1. The third kappa shape index (κ3) is 4.07. The van der Waals surface area contributed by atoms with E-state index in [1.807, 2.05) is 24.4 Å². The van der Waals surface area contributed by atoms with Crippen LogP contribution in [0.3, 0.4) is 0 Å². The maximum absolute atomic E-state index is 10.5. The zero-order chi connectivity index (χ0) is 26.8. The van der Waals surface area contributed by atoms with E-state index in [0.29, 0.717) is 46.6 Å². The minimum atomic E-state index is 0.138. The molecule has 4 aliphatic heterocycles. The molecule has 0 saturated carbocycles. The fraction of sp³-hybridized carbons (Fsp3) is 0.452. The number of pyridine rings is 1. The largest absolute Gasteiger partial charge is 0.508 e. The molecule has 4 aromatic rings. The molecule has 206 valence electrons. The van der Waals surface area contributed by atoms with Gasteiger partial charge in [-0.3, -0.25) is 4.90 Å². The first kappa shape index (κ1) is 24.6. The normalized spacial score (nSPS) is 23.8. The van der Waals surface area contributed by atoms with Crippen LogP contribution in [-0.2, 0) is 0 Å². The highest BCUT2D eigenvalue weighted by atomic mass is 35.5. The van der Waals surface area contributed by atoms with Crippen molar-refractivity contribution in [3.8, 4) is 23.0 Å². The van der Waals surface area contributed by atoms with E-state index in [1.54, 1.807) is 12.1 Å². The molecule has 0 radical (unpaired) electrons. The van der Waals surface area contributed by atoms with Gasteiger partial charge in [0.25, 0.3) is 0 Å². The molecule has 40 heavy (non-hydrogen) atoms. The summed E-state index contributed by atoms with van der Waals surface area (Å²) in [6.07, 6.45) is 9.13. The van der Waals surface area contributed by atoms with Crippen LogP contribution < -0.4 is 15.0 Å². The average Bonchev–Trinajstić information content (AvgIpc) is 3.64. The van der Waals surface area contributed by atoms with Crippen molar-refractivity contribution in [1.82, 2.24) is 25.2 Å². The Bertz CT molecular complexity index is 1610. The molecule has 2 aromatic carbocycles. The van der Waals surface area contributed by atoms with Crippen molar-refractivity contribution in [2.75, 3.05) is 37.7 Å². The van der Waals surface area contributed by atoms with Crippen LogP contribution in [0.25, 0.3) is 33.2 Å². The van der Waals surface area contributed by atoms with Crippen molar-refractivity contribution >= 4 is 39.1 Å². The van der Waals surface area contributed by atoms with E-state index in [2.05, 4.69) is 21.2 Å². The zero-order valence-electron chi connectivity index (χ0n) is 22.4. The number of hydrogen-bond acceptors (Lipinski definition) is 8. The van der Waals surface area contributed by atoms with Gasteiger partial charge in [-0.1, -0.05) is 23.7 Å². The minimum Gasteiger partial charge on any atom is -0.508 e. The number of nitrogens with zero attached hydrogens (tertiary/aromatic N) is 5. The first-order valence-electron chi connectivity index (χ1n) is 14.5. The van der Waals surface area contributed by atoms with E-state index < -0.39 is 0 Å². The molecule has 4 saturated heterocycles. The number of fused-ring (bicyclic) bond motifs is 5. The Kier molecular flexibility index (Phi) is 5.80. The molecule has 9 heteroatoms. The fourth-order valence-corrected chi connectivity index (χ4v) is 7.92. The molecule has 2 aromatic heterocycles. The Morgan fingerprint density at radius 1 is 1.05 bits per heavy atom. The number of aromatic hydroxyl groups is 1. The van der Waals surface area contributed by atoms with Gasteiger partial charge in [0, 0.05) is 53.4 Å². The van der Waals surface area contributed by atoms with Gasteiger partial charge in [-0.05, 0) is 75.2 Å². The Balaban J connectivity index is 1.23. The summed E-state index contributed by atoms with van der Waals surface area (Å²) < 4.78 is 6.54. The lowest BCUT2D eigenvalue weighted by atomic mass is 9.95. The van der Waals surface area contributed by atoms with Gasteiger partial charge >= 0.3 is 0 Å². The number of anilines is 1. The van der Waals surface area contributed by atoms with E-state index in [0.717, 1.165) is 34.9 Å². The van der Waals surface area contributed by atoms with E-state index in [-0.39, 0.29) is 11.3 Å². The van der Waals surface area contributed by atoms with Crippen LogP contribution in [0, 0.1) is 0 Å². The number of phenols is 1. The average molecular weight is 557 g/mol. The van der Waals surface area contributed by atoms with Gasteiger partial charge in [0.15, 0.2) is 11.5 Å². The molecule has 8 rings (SSSR count). The van der Waals surface area contributed by atoms with Crippen molar-refractivity contribution in [3.63, 3.8) is 0 Å². The maximum atomic E-state index is 10.5. The van der Waals surface area contributed by atoms with Crippen LogP contribution in [0.1, 0.15) is 38.5 Å². The van der Waals surface area contributed by atoms with Crippen LogP contribution >= 0.6 is 11.6 Å². The van der Waals surface area contributed by atoms with Crippen LogP contribution in [0.15, 0.2) is 42.6 Å². The monoisotopic (exact) mass is 556 g/mol. The van der Waals surface area contributed by atoms with Crippen LogP contribution in [0.4, 0.5) is 5.69 Å². The first-order valence-corrected chi connectivity index (χ1v) is 14.9. The van der Waals surface area contributed by atoms with Crippen molar-refractivity contribution in [3.05, 3.63) is 47.6 Å². The van der Waals surface area contributed by atoms with Gasteiger partial charge in [0.2, 0.25) is 5.88 Å². The predicted octanol–water partition coefficient (Wildman–Crippen LogP) is 5.15. The molecule has 2 N–H and O–H groups in total. The number of piperazine rings is 1. The molecule has 4 fully saturated rings. The summed E-state index contributed by atoms with van der Waals surface area (Å²) in [6, 6.07) is 12.1. The van der Waals surface area contributed by atoms with Gasteiger partial charge in [0.05, 0.1) is 16.6 Å². The number of nitrogens with one attached hydrogen (secondary N) is 1. The van der Waals surface area contributed by atoms with E-state index in [1.165, 1.54) is 51.6 Å². The number of aromatic nitrogens is 3. The van der Waals surface area contributed by atoms with E-state index in [9.17, 15) is 5.11 Å². The third-order valence-corrected chi connectivity index (χ3v) is 9.84. The SMILES string of the molecule is Oc1cc(-c2ncc3c(N4CC5CCC(C4)N5)cc(OCC45CCCN4CCC5)nc3n2)c2c(Cl)cccc2c1. The first-order chi connectivity index (χ1) is 19.5. The number of phenolic OH excluding ortho intramolecular Hbond substituents is 1. The third-order valence-electron chi connectivity index (χ3n) is 9.53. The lowest BCUT2D eigenvalue weighted by Gasteiger charge is -2.35. The van der Waals surface area contributed by atoms with Gasteiger partial charge < -0.3 is 20.1 Å². The summed E-state index contributed by atoms with van der Waals surface area (Å²) in [6.45, 7) is 4.88. The number of hydrogen-bond donors (Lipinski definition) is 2. The second-order valence-corrected chi connectivity index (χ2v) is 12.4. The van der Waals surface area contributed by atoms with Gasteiger partial charge in [-0.2, -0.15) is 4.98 Å². The Hall–Kier alpha value is -3.20. The van der Waals surface area contributed by atoms with Crippen LogP contribution in [0.5, 0.6) is 11.6 Å². The maximum Gasteiger partial charge on any atom is 0.217 e. The summed E-state index contributed by atoms with van der Waals surface area (Å²) in [5, 5.41) is 17.4. The molecule has 2 bridgehead atoms. The summed E-state index contributed by atoms with van der Waals surface area (Å²) in [5.41, 5.74) is 2.50. The molecule has 0 aliphatic carbocycles. The predicted molar refractivity (Wildman–Crippen MR) is 157 cm³/mol. The van der Waals surface area contributed by atoms with E-state index in [4.69, 9.17) is 31.3 Å². The van der Waals surface area contributed by atoms with Crippen molar-refractivity contribution in [2.45, 2.75) is 56.1 Å². The smallest absolute Gasteiger partial charge is 0.217 e. The lowest BCUT2D eigenvalue weighted by Crippen LogP contribution is -2.51. The summed E-state index contributed by atoms with van der Waals surface area (Å²) in [4.78, 5) is 19.8. The Morgan fingerprint density at radius 2 is 1.85 bits per heavy atom. The standard InChI is InChI=1S/C31H33ClN6O2/c32-25-5-1-4-19-12-22(39)13-23(28(19)25)29-33-15-24-26(37-16-20-6-7-21(17-37)34-20)14-27(35-30(24)36-29)40-18-31-8-2-10-38(31)11-3-9-31/h1,4-5,12-15,20-21,34,39H,2-3,6-11,16-18H2. The van der Waals surface area contributed by atoms with Crippen LogP contribution in [-0.4, -0.2) is 75.4 Å². The second kappa shape index (κ2) is 9.43. The molecular formula is C31H33ClN6O2. The zero-order valence-corrected chi connectivity index (χ0v) is 23.2. The number of benzene rings is 2. The van der Waals surface area contributed by atoms with Crippen molar-refractivity contribution in [2.24, 2.45) is 0 Å². The summed E-state index contributed by atoms with van der Waals surface area (Å²) in [5.74, 6) is 1.24. The fourth-order valence-electron chi connectivity index (χ4n) is 7.64. The molecule has 2 unspecified atom stereocenters. The molecule has 2 atom stereocenters. The second-order valence-electron chi connectivity index (χ2n) is 12.0.